The number of ether oxygens (including phenoxy) is 2. The van der Waals surface area contributed by atoms with Crippen molar-refractivity contribution in [3.8, 4) is 5.88 Å². The second-order valence-electron chi connectivity index (χ2n) is 4.73. The van der Waals surface area contributed by atoms with Crippen LogP contribution in [0.5, 0.6) is 5.88 Å². The Morgan fingerprint density at radius 2 is 2.21 bits per heavy atom. The summed E-state index contributed by atoms with van der Waals surface area (Å²) >= 11 is 0. The van der Waals surface area contributed by atoms with Gasteiger partial charge >= 0.3 is 11.6 Å². The predicted molar refractivity (Wildman–Crippen MR) is 82.5 cm³/mol. The zero-order chi connectivity index (χ0) is 17.5. The maximum absolute atomic E-state index is 11.9. The summed E-state index contributed by atoms with van der Waals surface area (Å²) < 4.78 is 12.9. The first-order valence-electron chi connectivity index (χ1n) is 7.19. The summed E-state index contributed by atoms with van der Waals surface area (Å²) in [7, 11) is 1.30. The fourth-order valence-corrected chi connectivity index (χ4v) is 1.90. The molecule has 0 aliphatic rings. The van der Waals surface area contributed by atoms with Crippen molar-refractivity contribution < 1.29 is 19.2 Å². The summed E-state index contributed by atoms with van der Waals surface area (Å²) in [6.07, 6.45) is 4.49. The van der Waals surface area contributed by atoms with Crippen LogP contribution in [0, 0.1) is 10.1 Å². The van der Waals surface area contributed by atoms with Gasteiger partial charge in [-0.15, -0.1) is 5.10 Å². The molecule has 2 aromatic heterocycles. The molecule has 11 nitrogen and oxygen atoms in total. The Bertz CT molecular complexity index is 710. The second-order valence-corrected chi connectivity index (χ2v) is 4.73. The number of methoxy groups -OCH3 is 1. The van der Waals surface area contributed by atoms with E-state index in [1.54, 1.807) is 10.9 Å². The SMILES string of the molecule is CCOCn1cc(NC(=O)CCn2cc([N+](=O)[O-])c(OC)n2)cn1. The summed E-state index contributed by atoms with van der Waals surface area (Å²) in [5.74, 6) is -0.347. The van der Waals surface area contributed by atoms with Crippen LogP contribution in [-0.2, 0) is 22.8 Å². The number of anilines is 1. The largest absolute Gasteiger partial charge is 0.475 e. The number of hydrogen-bond donors (Lipinski definition) is 1. The van der Waals surface area contributed by atoms with E-state index in [2.05, 4.69) is 15.5 Å². The molecular formula is C13H18N6O5. The van der Waals surface area contributed by atoms with Crippen molar-refractivity contribution in [2.24, 2.45) is 0 Å². The van der Waals surface area contributed by atoms with Crippen LogP contribution in [-0.4, -0.2) is 44.1 Å². The molecule has 0 saturated carbocycles. The Morgan fingerprint density at radius 3 is 2.83 bits per heavy atom. The van der Waals surface area contributed by atoms with Crippen molar-refractivity contribution >= 4 is 17.3 Å². The predicted octanol–water partition coefficient (Wildman–Crippen LogP) is 1.02. The van der Waals surface area contributed by atoms with E-state index in [-0.39, 0.29) is 30.4 Å². The molecule has 11 heteroatoms. The Labute approximate surface area is 137 Å². The third-order valence-corrected chi connectivity index (χ3v) is 3.01. The summed E-state index contributed by atoms with van der Waals surface area (Å²) in [5, 5.41) is 21.5. The lowest BCUT2D eigenvalue weighted by Crippen LogP contribution is -2.14. The van der Waals surface area contributed by atoms with E-state index in [0.717, 1.165) is 0 Å². The lowest BCUT2D eigenvalue weighted by atomic mass is 10.4. The Kier molecular flexibility index (Phi) is 5.84. The molecule has 0 radical (unpaired) electrons. The van der Waals surface area contributed by atoms with Gasteiger partial charge in [-0.25, -0.2) is 4.68 Å². The molecule has 0 fully saturated rings. The number of nitro groups is 1. The average molecular weight is 338 g/mol. The highest BCUT2D eigenvalue weighted by atomic mass is 16.6. The minimum Gasteiger partial charge on any atom is -0.475 e. The van der Waals surface area contributed by atoms with Crippen LogP contribution in [0.2, 0.25) is 0 Å². The molecule has 1 N–H and O–H groups in total. The minimum atomic E-state index is -0.588. The molecule has 0 saturated heterocycles. The third kappa shape index (κ3) is 4.52. The molecule has 0 aromatic carbocycles. The number of carbonyl (C=O) groups is 1. The number of carbonyl (C=O) groups excluding carboxylic acids is 1. The molecule has 2 aromatic rings. The molecule has 0 unspecified atom stereocenters. The standard InChI is InChI=1S/C13H18N6O5/c1-3-24-9-18-7-10(6-14-18)15-12(20)4-5-17-8-11(19(21)22)13(16-17)23-2/h6-8H,3-5,9H2,1-2H3,(H,15,20). The Morgan fingerprint density at radius 1 is 1.42 bits per heavy atom. The van der Waals surface area contributed by atoms with Crippen molar-refractivity contribution in [2.45, 2.75) is 26.6 Å². The molecule has 1 amide bonds. The molecule has 2 rings (SSSR count). The monoisotopic (exact) mass is 338 g/mol. The number of hydrogen-bond acceptors (Lipinski definition) is 7. The van der Waals surface area contributed by atoms with E-state index in [0.29, 0.717) is 19.0 Å². The number of aromatic nitrogens is 4. The first kappa shape index (κ1) is 17.4. The van der Waals surface area contributed by atoms with E-state index in [4.69, 9.17) is 9.47 Å². The molecule has 0 aliphatic carbocycles. The molecule has 0 spiro atoms. The number of nitrogens with zero attached hydrogens (tertiary/aromatic N) is 5. The molecule has 24 heavy (non-hydrogen) atoms. The summed E-state index contributed by atoms with van der Waals surface area (Å²) in [6.45, 7) is 2.94. The minimum absolute atomic E-state index is 0.0855. The van der Waals surface area contributed by atoms with Gasteiger partial charge in [-0.05, 0) is 6.92 Å². The zero-order valence-corrected chi connectivity index (χ0v) is 13.3. The van der Waals surface area contributed by atoms with Crippen molar-refractivity contribution in [1.82, 2.24) is 19.6 Å². The average Bonchev–Trinajstić information content (AvgIpc) is 3.17. The lowest BCUT2D eigenvalue weighted by molar-refractivity contribution is -0.385. The van der Waals surface area contributed by atoms with E-state index >= 15 is 0 Å². The maximum atomic E-state index is 11.9. The van der Waals surface area contributed by atoms with Crippen LogP contribution in [0.15, 0.2) is 18.6 Å². The highest BCUT2D eigenvalue weighted by Crippen LogP contribution is 2.23. The van der Waals surface area contributed by atoms with E-state index in [1.807, 2.05) is 6.92 Å². The maximum Gasteiger partial charge on any atom is 0.350 e. The van der Waals surface area contributed by atoms with Crippen LogP contribution in [0.3, 0.4) is 0 Å². The number of aryl methyl sites for hydroxylation is 1. The van der Waals surface area contributed by atoms with Crippen molar-refractivity contribution in [1.29, 1.82) is 0 Å². The first-order chi connectivity index (χ1) is 11.5. The van der Waals surface area contributed by atoms with Crippen molar-refractivity contribution in [2.75, 3.05) is 19.0 Å². The van der Waals surface area contributed by atoms with Crippen LogP contribution in [0.25, 0.3) is 0 Å². The van der Waals surface area contributed by atoms with Gasteiger partial charge in [0.05, 0.1) is 36.7 Å². The molecule has 0 bridgehead atoms. The summed E-state index contributed by atoms with van der Waals surface area (Å²) in [5.41, 5.74) is 0.304. The molecule has 2 heterocycles. The second kappa shape index (κ2) is 8.06. The van der Waals surface area contributed by atoms with Gasteiger partial charge in [0.25, 0.3) is 0 Å². The Balaban J connectivity index is 1.87. The fraction of sp³-hybridized carbons (Fsp3) is 0.462. The fourth-order valence-electron chi connectivity index (χ4n) is 1.90. The van der Waals surface area contributed by atoms with Crippen LogP contribution in [0.1, 0.15) is 13.3 Å². The normalized spacial score (nSPS) is 10.6. The quantitative estimate of drug-likeness (QED) is 0.534. The van der Waals surface area contributed by atoms with Crippen LogP contribution >= 0.6 is 0 Å². The molecule has 130 valence electrons. The highest BCUT2D eigenvalue weighted by Gasteiger charge is 2.20. The van der Waals surface area contributed by atoms with Gasteiger partial charge in [-0.3, -0.25) is 19.6 Å². The van der Waals surface area contributed by atoms with Gasteiger partial charge in [0, 0.05) is 13.0 Å². The third-order valence-electron chi connectivity index (χ3n) is 3.01. The lowest BCUT2D eigenvalue weighted by Gasteiger charge is -2.03. The first-order valence-corrected chi connectivity index (χ1v) is 7.19. The van der Waals surface area contributed by atoms with Crippen LogP contribution in [0.4, 0.5) is 11.4 Å². The van der Waals surface area contributed by atoms with Crippen LogP contribution < -0.4 is 10.1 Å². The highest BCUT2D eigenvalue weighted by molar-refractivity contribution is 5.90. The summed E-state index contributed by atoms with van der Waals surface area (Å²) in [6, 6.07) is 0. The van der Waals surface area contributed by atoms with Gasteiger partial charge in [0.1, 0.15) is 12.9 Å². The number of amides is 1. The van der Waals surface area contributed by atoms with Gasteiger partial charge in [-0.2, -0.15) is 5.10 Å². The number of nitrogens with one attached hydrogen (secondary N) is 1. The smallest absolute Gasteiger partial charge is 0.350 e. The number of rotatable bonds is 9. The summed E-state index contributed by atoms with van der Waals surface area (Å²) in [4.78, 5) is 22.2. The van der Waals surface area contributed by atoms with Gasteiger partial charge < -0.3 is 14.8 Å². The molecular weight excluding hydrogens is 320 g/mol. The topological polar surface area (TPSA) is 126 Å². The van der Waals surface area contributed by atoms with Gasteiger partial charge in [-0.1, -0.05) is 0 Å². The Hall–Kier alpha value is -2.95. The van der Waals surface area contributed by atoms with E-state index in [1.165, 1.54) is 24.2 Å². The van der Waals surface area contributed by atoms with E-state index < -0.39 is 4.92 Å². The van der Waals surface area contributed by atoms with E-state index in [9.17, 15) is 14.9 Å². The molecule has 0 atom stereocenters. The zero-order valence-electron chi connectivity index (χ0n) is 13.3. The van der Waals surface area contributed by atoms with Gasteiger partial charge in [0.15, 0.2) is 0 Å². The van der Waals surface area contributed by atoms with Crippen molar-refractivity contribution in [3.05, 3.63) is 28.7 Å². The van der Waals surface area contributed by atoms with Gasteiger partial charge in [0.2, 0.25) is 5.91 Å². The van der Waals surface area contributed by atoms with Crippen molar-refractivity contribution in [3.63, 3.8) is 0 Å². The molecule has 0 aliphatic heterocycles.